The first-order valence-corrected chi connectivity index (χ1v) is 8.07. The maximum atomic E-state index is 12.7. The van der Waals surface area contributed by atoms with Crippen LogP contribution in [0.2, 0.25) is 0 Å². The quantitative estimate of drug-likeness (QED) is 0.758. The lowest BCUT2D eigenvalue weighted by Gasteiger charge is -2.38. The Bertz CT molecular complexity index is 512. The van der Waals surface area contributed by atoms with Crippen LogP contribution >= 0.6 is 0 Å². The predicted molar refractivity (Wildman–Crippen MR) is 85.0 cm³/mol. The fraction of sp³-hybridized carbons (Fsp3) is 0.556. The molecule has 0 saturated carbocycles. The molecule has 1 amide bonds. The van der Waals surface area contributed by atoms with Crippen molar-refractivity contribution in [1.29, 1.82) is 0 Å². The summed E-state index contributed by atoms with van der Waals surface area (Å²) in [6, 6.07) is 9.34. The SMILES string of the molecule is CCCC1C(=O)OC(CC(C)C)C(=O)N1Cc1ccccc1. The smallest absolute Gasteiger partial charge is 0.329 e. The first-order valence-electron chi connectivity index (χ1n) is 8.07. The van der Waals surface area contributed by atoms with Crippen LogP contribution in [0.3, 0.4) is 0 Å². The number of hydrogen-bond donors (Lipinski definition) is 0. The largest absolute Gasteiger partial charge is 0.451 e. The molecule has 1 aromatic rings. The van der Waals surface area contributed by atoms with Crippen LogP contribution in [0.1, 0.15) is 45.6 Å². The molecule has 1 aliphatic rings. The second-order valence-corrected chi connectivity index (χ2v) is 6.31. The van der Waals surface area contributed by atoms with Crippen LogP contribution in [0.25, 0.3) is 0 Å². The average Bonchev–Trinajstić information content (AvgIpc) is 2.48. The van der Waals surface area contributed by atoms with E-state index in [1.165, 1.54) is 0 Å². The molecule has 0 bridgehead atoms. The fourth-order valence-electron chi connectivity index (χ4n) is 2.83. The Hall–Kier alpha value is -1.84. The first-order chi connectivity index (χ1) is 10.5. The van der Waals surface area contributed by atoms with Gasteiger partial charge in [0.1, 0.15) is 6.04 Å². The molecule has 22 heavy (non-hydrogen) atoms. The lowest BCUT2D eigenvalue weighted by Crippen LogP contribution is -2.56. The Morgan fingerprint density at radius 3 is 2.45 bits per heavy atom. The summed E-state index contributed by atoms with van der Waals surface area (Å²) in [6.45, 7) is 6.54. The second-order valence-electron chi connectivity index (χ2n) is 6.31. The zero-order valence-corrected chi connectivity index (χ0v) is 13.6. The summed E-state index contributed by atoms with van der Waals surface area (Å²) in [5, 5.41) is 0. The van der Waals surface area contributed by atoms with E-state index >= 15 is 0 Å². The van der Waals surface area contributed by atoms with Crippen molar-refractivity contribution in [1.82, 2.24) is 4.90 Å². The van der Waals surface area contributed by atoms with Gasteiger partial charge in [-0.15, -0.1) is 0 Å². The number of benzene rings is 1. The third kappa shape index (κ3) is 3.87. The Morgan fingerprint density at radius 1 is 1.18 bits per heavy atom. The molecule has 1 aliphatic heterocycles. The zero-order chi connectivity index (χ0) is 16.1. The Labute approximate surface area is 132 Å². The minimum absolute atomic E-state index is 0.0596. The average molecular weight is 303 g/mol. The molecule has 0 N–H and O–H groups in total. The van der Waals surface area contributed by atoms with E-state index in [1.807, 2.05) is 51.1 Å². The minimum atomic E-state index is -0.635. The van der Waals surface area contributed by atoms with Crippen molar-refractivity contribution in [2.24, 2.45) is 5.92 Å². The second kappa shape index (κ2) is 7.43. The van der Waals surface area contributed by atoms with Gasteiger partial charge in [-0.1, -0.05) is 57.5 Å². The maximum absolute atomic E-state index is 12.7. The summed E-state index contributed by atoms with van der Waals surface area (Å²) in [7, 11) is 0. The van der Waals surface area contributed by atoms with E-state index in [4.69, 9.17) is 4.74 Å². The molecule has 0 spiro atoms. The van der Waals surface area contributed by atoms with Crippen molar-refractivity contribution in [2.45, 2.75) is 58.7 Å². The Kier molecular flexibility index (Phi) is 5.58. The van der Waals surface area contributed by atoms with Crippen LogP contribution in [0, 0.1) is 5.92 Å². The van der Waals surface area contributed by atoms with E-state index in [1.54, 1.807) is 4.90 Å². The number of cyclic esters (lactones) is 1. The summed E-state index contributed by atoms with van der Waals surface area (Å²) in [5.74, 6) is -0.0123. The third-order valence-corrected chi connectivity index (χ3v) is 3.91. The van der Waals surface area contributed by atoms with Gasteiger partial charge in [-0.05, 0) is 24.3 Å². The van der Waals surface area contributed by atoms with Gasteiger partial charge < -0.3 is 9.64 Å². The molecular weight excluding hydrogens is 278 g/mol. The molecule has 1 heterocycles. The highest BCUT2D eigenvalue weighted by Gasteiger charge is 2.41. The first kappa shape index (κ1) is 16.5. The van der Waals surface area contributed by atoms with Crippen LogP contribution < -0.4 is 0 Å². The number of morpholine rings is 1. The standard InChI is InChI=1S/C18H25NO3/c1-4-8-15-18(21)22-16(11-13(2)3)17(20)19(15)12-14-9-6-5-7-10-14/h5-7,9-10,13,15-16H,4,8,11-12H2,1-3H3. The highest BCUT2D eigenvalue weighted by molar-refractivity contribution is 5.92. The molecule has 120 valence electrons. The number of carbonyl (C=O) groups excluding carboxylic acids is 2. The Morgan fingerprint density at radius 2 is 1.86 bits per heavy atom. The maximum Gasteiger partial charge on any atom is 0.329 e. The monoisotopic (exact) mass is 303 g/mol. The van der Waals surface area contributed by atoms with Crippen molar-refractivity contribution in [3.05, 3.63) is 35.9 Å². The number of esters is 1. The molecule has 1 saturated heterocycles. The van der Waals surface area contributed by atoms with Gasteiger partial charge in [-0.25, -0.2) is 4.79 Å². The number of nitrogens with zero attached hydrogens (tertiary/aromatic N) is 1. The van der Waals surface area contributed by atoms with Crippen molar-refractivity contribution in [2.75, 3.05) is 0 Å². The molecule has 2 rings (SSSR count). The number of rotatable bonds is 6. The summed E-state index contributed by atoms with van der Waals surface area (Å²) < 4.78 is 5.41. The topological polar surface area (TPSA) is 46.6 Å². The van der Waals surface area contributed by atoms with Crippen LogP contribution in [-0.4, -0.2) is 28.9 Å². The van der Waals surface area contributed by atoms with Gasteiger partial charge in [0.15, 0.2) is 6.10 Å². The lowest BCUT2D eigenvalue weighted by molar-refractivity contribution is -0.180. The number of carbonyl (C=O) groups is 2. The van der Waals surface area contributed by atoms with Gasteiger partial charge in [0.2, 0.25) is 0 Å². The molecule has 2 unspecified atom stereocenters. The van der Waals surface area contributed by atoms with Crippen LogP contribution in [-0.2, 0) is 20.9 Å². The van der Waals surface area contributed by atoms with E-state index in [-0.39, 0.29) is 11.9 Å². The molecule has 4 nitrogen and oxygen atoms in total. The summed E-state index contributed by atoms with van der Waals surface area (Å²) in [5.41, 5.74) is 1.04. The van der Waals surface area contributed by atoms with E-state index in [0.717, 1.165) is 12.0 Å². The van der Waals surface area contributed by atoms with E-state index < -0.39 is 12.1 Å². The highest BCUT2D eigenvalue weighted by Crippen LogP contribution is 2.24. The van der Waals surface area contributed by atoms with Gasteiger partial charge in [0, 0.05) is 6.54 Å². The molecule has 0 aliphatic carbocycles. The minimum Gasteiger partial charge on any atom is -0.451 e. The molecule has 2 atom stereocenters. The van der Waals surface area contributed by atoms with Crippen LogP contribution in [0.5, 0.6) is 0 Å². The van der Waals surface area contributed by atoms with Gasteiger partial charge in [-0.3, -0.25) is 4.79 Å². The number of hydrogen-bond acceptors (Lipinski definition) is 3. The summed E-state index contributed by atoms with van der Waals surface area (Å²) >= 11 is 0. The highest BCUT2D eigenvalue weighted by atomic mass is 16.6. The molecule has 4 heteroatoms. The molecule has 1 fully saturated rings. The van der Waals surface area contributed by atoms with Crippen molar-refractivity contribution < 1.29 is 14.3 Å². The van der Waals surface area contributed by atoms with Gasteiger partial charge in [0.25, 0.3) is 5.91 Å². The Balaban J connectivity index is 2.21. The van der Waals surface area contributed by atoms with Crippen molar-refractivity contribution in [3.8, 4) is 0 Å². The number of ether oxygens (including phenoxy) is 1. The van der Waals surface area contributed by atoms with Crippen molar-refractivity contribution in [3.63, 3.8) is 0 Å². The predicted octanol–water partition coefficient (Wildman–Crippen LogP) is 3.16. The fourth-order valence-corrected chi connectivity index (χ4v) is 2.83. The molecule has 0 radical (unpaired) electrons. The number of amides is 1. The summed E-state index contributed by atoms with van der Waals surface area (Å²) in [6.07, 6.45) is 1.43. The van der Waals surface area contributed by atoms with Gasteiger partial charge in [-0.2, -0.15) is 0 Å². The molecule has 1 aromatic carbocycles. The van der Waals surface area contributed by atoms with Crippen molar-refractivity contribution >= 4 is 11.9 Å². The lowest BCUT2D eigenvalue weighted by atomic mass is 10.00. The van der Waals surface area contributed by atoms with E-state index in [9.17, 15) is 9.59 Å². The van der Waals surface area contributed by atoms with Gasteiger partial charge in [0.05, 0.1) is 0 Å². The van der Waals surface area contributed by atoms with E-state index in [2.05, 4.69) is 0 Å². The third-order valence-electron chi connectivity index (χ3n) is 3.91. The van der Waals surface area contributed by atoms with Gasteiger partial charge >= 0.3 is 5.97 Å². The summed E-state index contributed by atoms with van der Waals surface area (Å²) in [4.78, 5) is 26.8. The van der Waals surface area contributed by atoms with Crippen LogP contribution in [0.4, 0.5) is 0 Å². The molecular formula is C18H25NO3. The molecule has 0 aromatic heterocycles. The van der Waals surface area contributed by atoms with E-state index in [0.29, 0.717) is 25.3 Å². The zero-order valence-electron chi connectivity index (χ0n) is 13.6. The normalized spacial score (nSPS) is 22.1. The van der Waals surface area contributed by atoms with Crippen LogP contribution in [0.15, 0.2) is 30.3 Å².